The molecule has 0 spiro atoms. The van der Waals surface area contributed by atoms with Gasteiger partial charge in [-0.1, -0.05) is 36.4 Å². The van der Waals surface area contributed by atoms with Crippen molar-refractivity contribution in [3.63, 3.8) is 0 Å². The highest BCUT2D eigenvalue weighted by Crippen LogP contribution is 2.43. The lowest BCUT2D eigenvalue weighted by molar-refractivity contribution is 0.274. The van der Waals surface area contributed by atoms with E-state index in [2.05, 4.69) is 69.6 Å². The summed E-state index contributed by atoms with van der Waals surface area (Å²) in [5, 5.41) is 0. The minimum Gasteiger partial charge on any atom is -0.360 e. The molecule has 3 nitrogen and oxygen atoms in total. The van der Waals surface area contributed by atoms with Gasteiger partial charge < -0.3 is 4.98 Å². The Morgan fingerprint density at radius 2 is 1.70 bits per heavy atom. The number of aromatic amines is 1. The van der Waals surface area contributed by atoms with Gasteiger partial charge in [-0.05, 0) is 77.4 Å². The maximum absolute atomic E-state index is 13.6. The molecule has 164 valence electrons. The van der Waals surface area contributed by atoms with E-state index in [0.717, 1.165) is 36.3 Å². The fourth-order valence-corrected chi connectivity index (χ4v) is 5.51. The first-order valence-corrected chi connectivity index (χ1v) is 11.6. The molecule has 1 N–H and O–H groups in total. The maximum Gasteiger partial charge on any atom is 0.123 e. The Morgan fingerprint density at radius 3 is 2.48 bits per heavy atom. The van der Waals surface area contributed by atoms with Gasteiger partial charge in [0.2, 0.25) is 0 Å². The van der Waals surface area contributed by atoms with Crippen LogP contribution in [0.1, 0.15) is 29.9 Å². The van der Waals surface area contributed by atoms with Gasteiger partial charge in [0.1, 0.15) is 5.82 Å². The molecule has 0 bridgehead atoms. The van der Waals surface area contributed by atoms with Gasteiger partial charge in [0.25, 0.3) is 0 Å². The minimum absolute atomic E-state index is 0.222. The van der Waals surface area contributed by atoms with E-state index < -0.39 is 0 Å². The number of hydrogen-bond donors (Lipinski definition) is 1. The maximum atomic E-state index is 13.6. The highest BCUT2D eigenvalue weighted by Gasteiger charge is 2.35. The first-order chi connectivity index (χ1) is 16.3. The van der Waals surface area contributed by atoms with Crippen LogP contribution in [0.4, 0.5) is 4.39 Å². The third kappa shape index (κ3) is 3.81. The van der Waals surface area contributed by atoms with Crippen molar-refractivity contribution in [2.45, 2.75) is 24.8 Å². The van der Waals surface area contributed by atoms with Crippen molar-refractivity contribution in [2.24, 2.45) is 0 Å². The molecule has 1 saturated heterocycles. The lowest BCUT2D eigenvalue weighted by Crippen LogP contribution is -2.33. The molecule has 4 aromatic rings. The molecule has 2 aliphatic heterocycles. The predicted molar refractivity (Wildman–Crippen MR) is 131 cm³/mol. The average molecular weight is 436 g/mol. The Bertz CT molecular complexity index is 1280. The molecule has 0 saturated carbocycles. The fourth-order valence-electron chi connectivity index (χ4n) is 5.51. The Kier molecular flexibility index (Phi) is 5.16. The number of hydrogen-bond acceptors (Lipinski definition) is 2. The number of fused-ring (bicyclic) bond motifs is 1. The molecule has 4 heteroatoms. The van der Waals surface area contributed by atoms with E-state index in [1.807, 2.05) is 24.5 Å². The second-order valence-electron chi connectivity index (χ2n) is 9.08. The number of pyridine rings is 1. The summed E-state index contributed by atoms with van der Waals surface area (Å²) in [6.45, 7) is 2.11. The summed E-state index contributed by atoms with van der Waals surface area (Å²) in [5.41, 5.74) is 8.38. The lowest BCUT2D eigenvalue weighted by atomic mass is 9.88. The summed E-state index contributed by atoms with van der Waals surface area (Å²) < 4.78 is 13.6. The van der Waals surface area contributed by atoms with Crippen molar-refractivity contribution in [1.82, 2.24) is 14.9 Å². The number of halogens is 1. The van der Waals surface area contributed by atoms with Crippen molar-refractivity contribution in [2.75, 3.05) is 13.1 Å². The Morgan fingerprint density at radius 1 is 0.909 bits per heavy atom. The van der Waals surface area contributed by atoms with E-state index >= 15 is 0 Å². The number of rotatable bonds is 4. The van der Waals surface area contributed by atoms with Gasteiger partial charge in [-0.2, -0.15) is 0 Å². The topological polar surface area (TPSA) is 31.9 Å². The zero-order valence-electron chi connectivity index (χ0n) is 18.4. The molecular weight excluding hydrogens is 409 g/mol. The first-order valence-electron chi connectivity index (χ1n) is 11.6. The molecule has 2 aromatic carbocycles. The number of nitrogens with zero attached hydrogens (tertiary/aromatic N) is 2. The first kappa shape index (κ1) is 20.1. The zero-order chi connectivity index (χ0) is 22.2. The number of benzene rings is 2. The van der Waals surface area contributed by atoms with Gasteiger partial charge >= 0.3 is 0 Å². The largest absolute Gasteiger partial charge is 0.360 e. The number of nitrogens with one attached hydrogen (secondary N) is 1. The van der Waals surface area contributed by atoms with Gasteiger partial charge in [0.05, 0.1) is 5.69 Å². The van der Waals surface area contributed by atoms with E-state index in [0.29, 0.717) is 12.0 Å². The quantitative estimate of drug-likeness (QED) is 0.395. The molecule has 0 radical (unpaired) electrons. The van der Waals surface area contributed by atoms with Crippen LogP contribution in [0.3, 0.4) is 0 Å². The SMILES string of the molecule is Fc1ccc(-c2[nH]cc(C3=CCN4C[C@@H](c5ccccc5)C[C@@H]4C3)c2-c2ccncc2)cc1. The molecule has 0 aliphatic carbocycles. The van der Waals surface area contributed by atoms with Crippen LogP contribution >= 0.6 is 0 Å². The normalized spacial score (nSPS) is 20.5. The van der Waals surface area contributed by atoms with Gasteiger partial charge in [-0.15, -0.1) is 0 Å². The number of H-pyrrole nitrogens is 1. The molecule has 2 aromatic heterocycles. The summed E-state index contributed by atoms with van der Waals surface area (Å²) >= 11 is 0. The van der Waals surface area contributed by atoms with Crippen LogP contribution in [0.15, 0.2) is 91.4 Å². The van der Waals surface area contributed by atoms with Crippen LogP contribution < -0.4 is 0 Å². The summed E-state index contributed by atoms with van der Waals surface area (Å²) in [6.07, 6.45) is 10.4. The molecule has 2 atom stereocenters. The van der Waals surface area contributed by atoms with Crippen molar-refractivity contribution in [3.05, 3.63) is 108 Å². The van der Waals surface area contributed by atoms with Crippen LogP contribution in [-0.4, -0.2) is 34.0 Å². The van der Waals surface area contributed by atoms with Gasteiger partial charge in [0, 0.05) is 48.8 Å². The van der Waals surface area contributed by atoms with E-state index in [1.54, 1.807) is 0 Å². The summed E-state index contributed by atoms with van der Waals surface area (Å²) in [4.78, 5) is 10.3. The molecule has 6 rings (SSSR count). The third-order valence-corrected chi connectivity index (χ3v) is 7.15. The molecule has 33 heavy (non-hydrogen) atoms. The second kappa shape index (κ2) is 8.45. The smallest absolute Gasteiger partial charge is 0.123 e. The lowest BCUT2D eigenvalue weighted by Gasteiger charge is -2.29. The number of aromatic nitrogens is 2. The molecule has 1 fully saturated rings. The van der Waals surface area contributed by atoms with Gasteiger partial charge in [0.15, 0.2) is 0 Å². The minimum atomic E-state index is -0.222. The van der Waals surface area contributed by atoms with E-state index in [4.69, 9.17) is 0 Å². The van der Waals surface area contributed by atoms with E-state index in [-0.39, 0.29) is 5.82 Å². The predicted octanol–water partition coefficient (Wildman–Crippen LogP) is 6.53. The Hall–Kier alpha value is -3.50. The fraction of sp³-hybridized carbons (Fsp3) is 0.207. The molecule has 0 unspecified atom stereocenters. The average Bonchev–Trinajstić information content (AvgIpc) is 3.50. The van der Waals surface area contributed by atoms with E-state index in [9.17, 15) is 4.39 Å². The van der Waals surface area contributed by atoms with Gasteiger partial charge in [-0.3, -0.25) is 9.88 Å². The summed E-state index contributed by atoms with van der Waals surface area (Å²) in [6, 6.07) is 22.3. The van der Waals surface area contributed by atoms with Crippen molar-refractivity contribution < 1.29 is 4.39 Å². The summed E-state index contributed by atoms with van der Waals surface area (Å²) in [7, 11) is 0. The third-order valence-electron chi connectivity index (χ3n) is 7.15. The molecular formula is C29H26FN3. The van der Waals surface area contributed by atoms with Crippen LogP contribution in [0, 0.1) is 5.82 Å². The van der Waals surface area contributed by atoms with Crippen molar-refractivity contribution in [3.8, 4) is 22.4 Å². The molecule has 2 aliphatic rings. The standard InChI is InChI=1S/C29H26FN3/c30-25-8-6-22(7-9-25)29-28(21-10-13-31-14-11-21)27(18-32-29)23-12-15-33-19-24(17-26(33)16-23)20-4-2-1-3-5-20/h1-14,18,24,26,32H,15-17,19H2/t24-,26-/m0/s1. The van der Waals surface area contributed by atoms with Crippen molar-refractivity contribution >= 4 is 5.57 Å². The van der Waals surface area contributed by atoms with Crippen LogP contribution in [0.2, 0.25) is 0 Å². The van der Waals surface area contributed by atoms with Gasteiger partial charge in [-0.25, -0.2) is 4.39 Å². The Labute approximate surface area is 193 Å². The van der Waals surface area contributed by atoms with E-state index in [1.165, 1.54) is 40.8 Å². The highest BCUT2D eigenvalue weighted by atomic mass is 19.1. The molecule has 0 amide bonds. The van der Waals surface area contributed by atoms with Crippen LogP contribution in [0.5, 0.6) is 0 Å². The van der Waals surface area contributed by atoms with Crippen LogP contribution in [-0.2, 0) is 0 Å². The second-order valence-corrected chi connectivity index (χ2v) is 9.08. The monoisotopic (exact) mass is 435 g/mol. The molecule has 4 heterocycles. The zero-order valence-corrected chi connectivity index (χ0v) is 18.4. The van der Waals surface area contributed by atoms with Crippen molar-refractivity contribution in [1.29, 1.82) is 0 Å². The van der Waals surface area contributed by atoms with Crippen LogP contribution in [0.25, 0.3) is 28.0 Å². The Balaban J connectivity index is 1.34. The highest BCUT2D eigenvalue weighted by molar-refractivity contribution is 5.91. The summed E-state index contributed by atoms with van der Waals surface area (Å²) in [5.74, 6) is 0.380.